The summed E-state index contributed by atoms with van der Waals surface area (Å²) >= 11 is 0. The highest BCUT2D eigenvalue weighted by Gasteiger charge is 2.34. The Morgan fingerprint density at radius 3 is 2.62 bits per heavy atom. The molecule has 1 heterocycles. The number of amides is 1. The van der Waals surface area contributed by atoms with Crippen molar-refractivity contribution in [3.05, 3.63) is 0 Å². The number of nitrogens with zero attached hydrogens (tertiary/aromatic N) is 1. The number of hydrogen-bond acceptors (Lipinski definition) is 2. The van der Waals surface area contributed by atoms with Crippen molar-refractivity contribution in [2.45, 2.75) is 58.9 Å². The molecule has 3 heteroatoms. The minimum absolute atomic E-state index is 0.0424. The molecule has 0 saturated carbocycles. The minimum atomic E-state index is -0.294. The Bertz CT molecular complexity index is 238. The molecule has 1 atom stereocenters. The lowest BCUT2D eigenvalue weighted by molar-refractivity contribution is -0.143. The first kappa shape index (κ1) is 13.5. The van der Waals surface area contributed by atoms with Crippen LogP contribution in [0.5, 0.6) is 0 Å². The Morgan fingerprint density at radius 2 is 2.06 bits per heavy atom. The molecule has 0 spiro atoms. The number of carbonyl (C=O) groups excluding carboxylic acids is 1. The lowest BCUT2D eigenvalue weighted by Crippen LogP contribution is -2.47. The Labute approximate surface area is 98.8 Å². The normalized spacial score (nSPS) is 23.0. The van der Waals surface area contributed by atoms with Crippen LogP contribution in [-0.2, 0) is 4.79 Å². The predicted octanol–water partition coefficient (Wildman–Crippen LogP) is 2.19. The van der Waals surface area contributed by atoms with Crippen molar-refractivity contribution in [3.8, 4) is 0 Å². The Hall–Kier alpha value is -0.570. The molecular formula is C13H25NO2. The van der Waals surface area contributed by atoms with Gasteiger partial charge in [0.2, 0.25) is 5.91 Å². The summed E-state index contributed by atoms with van der Waals surface area (Å²) in [6.45, 7) is 6.95. The van der Waals surface area contributed by atoms with Crippen molar-refractivity contribution in [1.29, 1.82) is 0 Å². The maximum absolute atomic E-state index is 12.4. The first-order valence-electron chi connectivity index (χ1n) is 6.45. The summed E-state index contributed by atoms with van der Waals surface area (Å²) in [5.41, 5.74) is -0.294. The fourth-order valence-corrected chi connectivity index (χ4v) is 2.17. The Balaban J connectivity index is 2.77. The third-order valence-electron chi connectivity index (χ3n) is 3.81. The van der Waals surface area contributed by atoms with Gasteiger partial charge in [0.1, 0.15) is 0 Å². The van der Waals surface area contributed by atoms with Gasteiger partial charge >= 0.3 is 0 Å². The van der Waals surface area contributed by atoms with Gasteiger partial charge in [-0.15, -0.1) is 0 Å². The number of rotatable bonds is 3. The molecular weight excluding hydrogens is 202 g/mol. The van der Waals surface area contributed by atoms with Gasteiger partial charge in [0.05, 0.1) is 12.6 Å². The average Bonchev–Trinajstić information content (AvgIpc) is 2.52. The summed E-state index contributed by atoms with van der Waals surface area (Å²) in [6, 6.07) is 0.0424. The molecule has 1 rings (SSSR count). The van der Waals surface area contributed by atoms with Gasteiger partial charge in [0.15, 0.2) is 0 Å². The van der Waals surface area contributed by atoms with E-state index in [1.807, 2.05) is 25.7 Å². The second kappa shape index (κ2) is 5.67. The van der Waals surface area contributed by atoms with E-state index in [4.69, 9.17) is 0 Å². The third-order valence-corrected chi connectivity index (χ3v) is 3.81. The average molecular weight is 227 g/mol. The van der Waals surface area contributed by atoms with E-state index in [1.54, 1.807) is 0 Å². The van der Waals surface area contributed by atoms with Crippen molar-refractivity contribution in [3.63, 3.8) is 0 Å². The molecule has 0 aromatic heterocycles. The van der Waals surface area contributed by atoms with Crippen LogP contribution in [0.15, 0.2) is 0 Å². The second-order valence-electron chi connectivity index (χ2n) is 5.42. The van der Waals surface area contributed by atoms with Crippen molar-refractivity contribution in [2.75, 3.05) is 13.2 Å². The maximum atomic E-state index is 12.4. The first-order chi connectivity index (χ1) is 7.53. The highest BCUT2D eigenvalue weighted by atomic mass is 16.3. The molecule has 1 amide bonds. The van der Waals surface area contributed by atoms with Gasteiger partial charge in [-0.2, -0.15) is 0 Å². The molecule has 94 valence electrons. The highest BCUT2D eigenvalue weighted by molar-refractivity contribution is 5.82. The molecule has 0 aliphatic carbocycles. The summed E-state index contributed by atoms with van der Waals surface area (Å²) in [7, 11) is 0. The molecule has 1 fully saturated rings. The van der Waals surface area contributed by atoms with Gasteiger partial charge in [0.25, 0.3) is 0 Å². The molecule has 1 aliphatic heterocycles. The first-order valence-corrected chi connectivity index (χ1v) is 6.45. The van der Waals surface area contributed by atoms with Gasteiger partial charge < -0.3 is 10.0 Å². The van der Waals surface area contributed by atoms with E-state index in [2.05, 4.69) is 0 Å². The summed E-state index contributed by atoms with van der Waals surface area (Å²) in [5.74, 6) is 0.205. The zero-order valence-electron chi connectivity index (χ0n) is 10.8. The summed E-state index contributed by atoms with van der Waals surface area (Å²) < 4.78 is 0. The highest BCUT2D eigenvalue weighted by Crippen LogP contribution is 2.27. The number of aliphatic hydroxyl groups is 1. The summed E-state index contributed by atoms with van der Waals surface area (Å²) in [4.78, 5) is 14.3. The molecule has 0 radical (unpaired) electrons. The number of aliphatic hydroxyl groups excluding tert-OH is 1. The molecule has 0 bridgehead atoms. The van der Waals surface area contributed by atoms with Crippen LogP contribution in [0.1, 0.15) is 52.9 Å². The van der Waals surface area contributed by atoms with E-state index in [9.17, 15) is 9.90 Å². The van der Waals surface area contributed by atoms with Crippen LogP contribution in [-0.4, -0.2) is 35.1 Å². The second-order valence-corrected chi connectivity index (χ2v) is 5.42. The zero-order valence-corrected chi connectivity index (χ0v) is 10.8. The number of hydrogen-bond donors (Lipinski definition) is 1. The molecule has 16 heavy (non-hydrogen) atoms. The van der Waals surface area contributed by atoms with Crippen LogP contribution in [0.3, 0.4) is 0 Å². The molecule has 1 N–H and O–H groups in total. The van der Waals surface area contributed by atoms with Crippen LogP contribution in [0, 0.1) is 5.41 Å². The lowest BCUT2D eigenvalue weighted by atomic mass is 9.88. The molecule has 1 aliphatic rings. The van der Waals surface area contributed by atoms with E-state index in [1.165, 1.54) is 6.42 Å². The lowest BCUT2D eigenvalue weighted by Gasteiger charge is -2.35. The van der Waals surface area contributed by atoms with Crippen LogP contribution >= 0.6 is 0 Å². The third kappa shape index (κ3) is 2.97. The van der Waals surface area contributed by atoms with E-state index < -0.39 is 0 Å². The topological polar surface area (TPSA) is 40.5 Å². The Morgan fingerprint density at radius 1 is 1.38 bits per heavy atom. The molecule has 3 nitrogen and oxygen atoms in total. The quantitative estimate of drug-likeness (QED) is 0.803. The molecule has 1 unspecified atom stereocenters. The minimum Gasteiger partial charge on any atom is -0.394 e. The van der Waals surface area contributed by atoms with E-state index in [-0.39, 0.29) is 24.0 Å². The molecule has 1 saturated heterocycles. The van der Waals surface area contributed by atoms with Crippen LogP contribution in [0.4, 0.5) is 0 Å². The smallest absolute Gasteiger partial charge is 0.228 e. The van der Waals surface area contributed by atoms with E-state index >= 15 is 0 Å². The summed E-state index contributed by atoms with van der Waals surface area (Å²) in [6.07, 6.45) is 5.17. The van der Waals surface area contributed by atoms with Crippen molar-refractivity contribution < 1.29 is 9.90 Å². The van der Waals surface area contributed by atoms with E-state index in [0.29, 0.717) is 0 Å². The van der Waals surface area contributed by atoms with Crippen molar-refractivity contribution in [1.82, 2.24) is 4.90 Å². The number of likely N-dealkylation sites (tertiary alicyclic amines) is 1. The summed E-state index contributed by atoms with van der Waals surface area (Å²) in [5, 5.41) is 9.38. The zero-order chi connectivity index (χ0) is 12.2. The fraction of sp³-hybridized carbons (Fsp3) is 0.923. The van der Waals surface area contributed by atoms with E-state index in [0.717, 1.165) is 32.2 Å². The number of carbonyl (C=O) groups is 1. The monoisotopic (exact) mass is 227 g/mol. The van der Waals surface area contributed by atoms with Crippen molar-refractivity contribution >= 4 is 5.91 Å². The van der Waals surface area contributed by atoms with Crippen LogP contribution < -0.4 is 0 Å². The fourth-order valence-electron chi connectivity index (χ4n) is 2.17. The van der Waals surface area contributed by atoms with Crippen LogP contribution in [0.25, 0.3) is 0 Å². The SMILES string of the molecule is CCC(C)(C)C(=O)N1CCCCCC1CO. The van der Waals surface area contributed by atoms with Gasteiger partial charge in [0, 0.05) is 12.0 Å². The van der Waals surface area contributed by atoms with Crippen LogP contribution in [0.2, 0.25) is 0 Å². The molecule has 0 aromatic rings. The van der Waals surface area contributed by atoms with Gasteiger partial charge in [-0.1, -0.05) is 33.6 Å². The Kier molecular flexibility index (Phi) is 4.78. The van der Waals surface area contributed by atoms with Crippen molar-refractivity contribution in [2.24, 2.45) is 5.41 Å². The molecule has 0 aromatic carbocycles. The largest absolute Gasteiger partial charge is 0.394 e. The van der Waals surface area contributed by atoms with Gasteiger partial charge in [-0.05, 0) is 19.3 Å². The van der Waals surface area contributed by atoms with Gasteiger partial charge in [-0.3, -0.25) is 4.79 Å². The predicted molar refractivity (Wildman–Crippen MR) is 65.1 cm³/mol. The maximum Gasteiger partial charge on any atom is 0.228 e. The standard InChI is InChI=1S/C13H25NO2/c1-4-13(2,3)12(16)14-9-7-5-6-8-11(14)10-15/h11,15H,4-10H2,1-3H3. The van der Waals surface area contributed by atoms with Gasteiger partial charge in [-0.25, -0.2) is 0 Å².